The third-order valence-corrected chi connectivity index (χ3v) is 3.42. The molecule has 0 spiro atoms. The van der Waals surface area contributed by atoms with E-state index >= 15 is 0 Å². The number of aromatic nitrogens is 3. The molecule has 2 aromatic heterocycles. The van der Waals surface area contributed by atoms with Gasteiger partial charge >= 0.3 is 5.97 Å². The van der Waals surface area contributed by atoms with Crippen LogP contribution in [-0.2, 0) is 27.7 Å². The highest BCUT2D eigenvalue weighted by atomic mass is 16.6. The number of aryl methyl sites for hydroxylation is 2. The first-order valence-electron chi connectivity index (χ1n) is 7.84. The zero-order chi connectivity index (χ0) is 17.2. The summed E-state index contributed by atoms with van der Waals surface area (Å²) < 4.78 is 12.8. The van der Waals surface area contributed by atoms with Crippen LogP contribution in [0.25, 0.3) is 10.9 Å². The molecule has 2 rings (SSSR count). The molecule has 0 amide bonds. The van der Waals surface area contributed by atoms with Crippen LogP contribution >= 0.6 is 0 Å². The molecule has 23 heavy (non-hydrogen) atoms. The van der Waals surface area contributed by atoms with E-state index in [2.05, 4.69) is 10.1 Å². The molecule has 6 heteroatoms. The molecule has 0 aliphatic carbocycles. The highest BCUT2D eigenvalue weighted by molar-refractivity contribution is 5.81. The summed E-state index contributed by atoms with van der Waals surface area (Å²) in [5, 5.41) is 5.43. The molecular formula is C17H25N3O3. The van der Waals surface area contributed by atoms with Gasteiger partial charge in [0.25, 0.3) is 0 Å². The maximum atomic E-state index is 12.2. The van der Waals surface area contributed by atoms with Gasteiger partial charge in [0.1, 0.15) is 0 Å². The van der Waals surface area contributed by atoms with Crippen molar-refractivity contribution in [3.63, 3.8) is 0 Å². The molecule has 1 unspecified atom stereocenters. The molecule has 0 saturated carbocycles. The predicted octanol–water partition coefficient (Wildman–Crippen LogP) is 2.57. The fourth-order valence-corrected chi connectivity index (χ4v) is 2.51. The summed E-state index contributed by atoms with van der Waals surface area (Å²) in [7, 11) is 1.89. The Labute approximate surface area is 136 Å². The Morgan fingerprint density at radius 1 is 1.39 bits per heavy atom. The number of hydrogen-bond acceptors (Lipinski definition) is 5. The highest BCUT2D eigenvalue weighted by Gasteiger charge is 2.27. The standard InChI is InChI=1S/C17H25N3O3/c1-7-22-16(21)15(23-17(3,4)5)9-12-8-13-11(2)19-20(6)14(13)10-18-12/h8,10,15H,7,9H2,1-6H3. The van der Waals surface area contributed by atoms with Gasteiger partial charge in [0.2, 0.25) is 0 Å². The van der Waals surface area contributed by atoms with Crippen molar-refractivity contribution in [1.82, 2.24) is 14.8 Å². The van der Waals surface area contributed by atoms with Crippen LogP contribution in [0, 0.1) is 6.92 Å². The lowest BCUT2D eigenvalue weighted by Gasteiger charge is -2.26. The van der Waals surface area contributed by atoms with Gasteiger partial charge in [-0.3, -0.25) is 9.67 Å². The highest BCUT2D eigenvalue weighted by Crippen LogP contribution is 2.20. The van der Waals surface area contributed by atoms with Crippen molar-refractivity contribution in [2.75, 3.05) is 6.61 Å². The van der Waals surface area contributed by atoms with Gasteiger partial charge in [-0.15, -0.1) is 0 Å². The fourth-order valence-electron chi connectivity index (χ4n) is 2.51. The SMILES string of the molecule is CCOC(=O)C(Cc1cc2c(C)nn(C)c2cn1)OC(C)(C)C. The van der Waals surface area contributed by atoms with Crippen molar-refractivity contribution in [2.24, 2.45) is 7.05 Å². The number of nitrogens with zero attached hydrogens (tertiary/aromatic N) is 3. The molecule has 0 aliphatic heterocycles. The van der Waals surface area contributed by atoms with Crippen molar-refractivity contribution in [1.29, 1.82) is 0 Å². The second kappa shape index (κ2) is 6.66. The van der Waals surface area contributed by atoms with Gasteiger partial charge in [-0.05, 0) is 40.7 Å². The second-order valence-electron chi connectivity index (χ2n) is 6.58. The summed E-state index contributed by atoms with van der Waals surface area (Å²) in [4.78, 5) is 16.6. The Bertz CT molecular complexity index is 701. The van der Waals surface area contributed by atoms with Gasteiger partial charge in [0, 0.05) is 24.5 Å². The first kappa shape index (κ1) is 17.4. The molecule has 0 fully saturated rings. The number of carbonyl (C=O) groups is 1. The van der Waals surface area contributed by atoms with Crippen LogP contribution < -0.4 is 0 Å². The van der Waals surface area contributed by atoms with E-state index in [0.717, 1.165) is 22.3 Å². The number of esters is 1. The minimum absolute atomic E-state index is 0.330. The molecule has 0 radical (unpaired) electrons. The van der Waals surface area contributed by atoms with Gasteiger partial charge in [-0.2, -0.15) is 5.10 Å². The monoisotopic (exact) mass is 319 g/mol. The lowest BCUT2D eigenvalue weighted by Crippen LogP contribution is -2.36. The molecule has 0 N–H and O–H groups in total. The lowest BCUT2D eigenvalue weighted by molar-refractivity contribution is -0.165. The zero-order valence-electron chi connectivity index (χ0n) is 14.7. The van der Waals surface area contributed by atoms with Crippen LogP contribution in [0.4, 0.5) is 0 Å². The Hall–Kier alpha value is -1.95. The van der Waals surface area contributed by atoms with Gasteiger partial charge in [-0.1, -0.05) is 0 Å². The third-order valence-electron chi connectivity index (χ3n) is 3.42. The molecule has 0 saturated heterocycles. The molecule has 2 aromatic rings. The number of ether oxygens (including phenoxy) is 2. The Morgan fingerprint density at radius 2 is 2.09 bits per heavy atom. The molecular weight excluding hydrogens is 294 g/mol. The average Bonchev–Trinajstić information content (AvgIpc) is 2.72. The number of hydrogen-bond donors (Lipinski definition) is 0. The number of rotatable bonds is 5. The maximum Gasteiger partial charge on any atom is 0.335 e. The summed E-state index contributed by atoms with van der Waals surface area (Å²) >= 11 is 0. The summed E-state index contributed by atoms with van der Waals surface area (Å²) in [6, 6.07) is 1.97. The second-order valence-corrected chi connectivity index (χ2v) is 6.58. The molecule has 0 bridgehead atoms. The average molecular weight is 319 g/mol. The largest absolute Gasteiger partial charge is 0.464 e. The van der Waals surface area contributed by atoms with Crippen molar-refractivity contribution in [3.8, 4) is 0 Å². The van der Waals surface area contributed by atoms with Gasteiger partial charge in [0.05, 0.1) is 29.6 Å². The third kappa shape index (κ3) is 4.28. The van der Waals surface area contributed by atoms with Crippen molar-refractivity contribution < 1.29 is 14.3 Å². The van der Waals surface area contributed by atoms with Gasteiger partial charge in [0.15, 0.2) is 6.10 Å². The molecule has 2 heterocycles. The molecule has 126 valence electrons. The van der Waals surface area contributed by atoms with E-state index in [9.17, 15) is 4.79 Å². The fraction of sp³-hybridized carbons (Fsp3) is 0.588. The minimum atomic E-state index is -0.670. The minimum Gasteiger partial charge on any atom is -0.464 e. The first-order chi connectivity index (χ1) is 10.7. The van der Waals surface area contributed by atoms with E-state index in [1.807, 2.05) is 40.8 Å². The van der Waals surface area contributed by atoms with Crippen LogP contribution in [0.2, 0.25) is 0 Å². The quantitative estimate of drug-likeness (QED) is 0.792. The molecule has 0 aromatic carbocycles. The van der Waals surface area contributed by atoms with E-state index in [4.69, 9.17) is 9.47 Å². The van der Waals surface area contributed by atoms with Crippen molar-refractivity contribution in [3.05, 3.63) is 23.7 Å². The smallest absolute Gasteiger partial charge is 0.335 e. The molecule has 0 aliphatic rings. The predicted molar refractivity (Wildman–Crippen MR) is 88.2 cm³/mol. The zero-order valence-corrected chi connectivity index (χ0v) is 14.7. The summed E-state index contributed by atoms with van der Waals surface area (Å²) in [5.41, 5.74) is 2.26. The molecule has 6 nitrogen and oxygen atoms in total. The summed E-state index contributed by atoms with van der Waals surface area (Å²) in [6.07, 6.45) is 1.49. The normalized spacial score (nSPS) is 13.3. The number of fused-ring (bicyclic) bond motifs is 1. The Balaban J connectivity index is 2.27. The first-order valence-corrected chi connectivity index (χ1v) is 7.84. The van der Waals surface area contributed by atoms with Crippen LogP contribution in [0.5, 0.6) is 0 Å². The number of carbonyl (C=O) groups excluding carboxylic acids is 1. The van der Waals surface area contributed by atoms with E-state index in [0.29, 0.717) is 13.0 Å². The Kier molecular flexibility index (Phi) is 5.04. The van der Waals surface area contributed by atoms with E-state index in [-0.39, 0.29) is 5.97 Å². The van der Waals surface area contributed by atoms with Crippen LogP contribution in [0.1, 0.15) is 39.1 Å². The van der Waals surface area contributed by atoms with Crippen molar-refractivity contribution >= 4 is 16.9 Å². The topological polar surface area (TPSA) is 66.2 Å². The van der Waals surface area contributed by atoms with Gasteiger partial charge < -0.3 is 9.47 Å². The number of pyridine rings is 1. The van der Waals surface area contributed by atoms with E-state index in [1.54, 1.807) is 17.8 Å². The van der Waals surface area contributed by atoms with Crippen molar-refractivity contribution in [2.45, 2.75) is 52.7 Å². The lowest BCUT2D eigenvalue weighted by atomic mass is 10.1. The van der Waals surface area contributed by atoms with Gasteiger partial charge in [-0.25, -0.2) is 4.79 Å². The summed E-state index contributed by atoms with van der Waals surface area (Å²) in [6.45, 7) is 9.83. The Morgan fingerprint density at radius 3 is 2.70 bits per heavy atom. The summed E-state index contributed by atoms with van der Waals surface area (Å²) in [5.74, 6) is -0.354. The van der Waals surface area contributed by atoms with E-state index in [1.165, 1.54) is 0 Å². The van der Waals surface area contributed by atoms with E-state index < -0.39 is 11.7 Å². The van der Waals surface area contributed by atoms with Crippen LogP contribution in [-0.4, -0.2) is 39.0 Å². The molecule has 1 atom stereocenters. The maximum absolute atomic E-state index is 12.2. The van der Waals surface area contributed by atoms with Crippen LogP contribution in [0.3, 0.4) is 0 Å². The van der Waals surface area contributed by atoms with Crippen LogP contribution in [0.15, 0.2) is 12.3 Å².